The third-order valence-electron chi connectivity index (χ3n) is 2.57. The molecule has 0 unspecified atom stereocenters. The van der Waals surface area contributed by atoms with Gasteiger partial charge in [-0.1, -0.05) is 18.2 Å². The van der Waals surface area contributed by atoms with Gasteiger partial charge in [-0.15, -0.1) is 0 Å². The lowest BCUT2D eigenvalue weighted by atomic mass is 9.99. The summed E-state index contributed by atoms with van der Waals surface area (Å²) < 4.78 is 10.5. The molecule has 0 aliphatic carbocycles. The van der Waals surface area contributed by atoms with E-state index in [-0.39, 0.29) is 0 Å². The predicted octanol–water partition coefficient (Wildman–Crippen LogP) is 1.65. The van der Waals surface area contributed by atoms with E-state index in [1.165, 1.54) is 0 Å². The lowest BCUT2D eigenvalue weighted by Crippen LogP contribution is -2.46. The van der Waals surface area contributed by atoms with Crippen LogP contribution in [0.2, 0.25) is 0 Å². The molecule has 0 bridgehead atoms. The van der Waals surface area contributed by atoms with Gasteiger partial charge in [0.1, 0.15) is 11.3 Å². The number of furan rings is 1. The molecule has 1 aromatic heterocycles. The summed E-state index contributed by atoms with van der Waals surface area (Å²) >= 11 is 0. The monoisotopic (exact) mass is 190 g/mol. The van der Waals surface area contributed by atoms with Gasteiger partial charge in [0.05, 0.1) is 13.2 Å². The van der Waals surface area contributed by atoms with E-state index < -0.39 is 5.60 Å². The van der Waals surface area contributed by atoms with Crippen LogP contribution in [0.5, 0.6) is 0 Å². The van der Waals surface area contributed by atoms with Crippen molar-refractivity contribution < 1.29 is 14.3 Å². The Morgan fingerprint density at radius 1 is 1.21 bits per heavy atom. The minimum absolute atomic E-state index is 0.326. The summed E-state index contributed by atoms with van der Waals surface area (Å²) in [6.07, 6.45) is 0. The Morgan fingerprint density at radius 3 is 2.64 bits per heavy atom. The van der Waals surface area contributed by atoms with Gasteiger partial charge in [0, 0.05) is 5.39 Å². The van der Waals surface area contributed by atoms with Crippen LogP contribution in [0.25, 0.3) is 11.0 Å². The first-order valence-electron chi connectivity index (χ1n) is 4.57. The molecule has 1 aromatic carbocycles. The molecule has 72 valence electrons. The van der Waals surface area contributed by atoms with Crippen molar-refractivity contribution in [2.75, 3.05) is 13.2 Å². The molecular formula is C11H10O3. The van der Waals surface area contributed by atoms with E-state index in [1.54, 1.807) is 0 Å². The maximum atomic E-state index is 9.96. The highest BCUT2D eigenvalue weighted by Gasteiger charge is 2.41. The van der Waals surface area contributed by atoms with Crippen LogP contribution in [0.1, 0.15) is 5.76 Å². The lowest BCUT2D eigenvalue weighted by molar-refractivity contribution is -0.193. The molecule has 3 nitrogen and oxygen atoms in total. The molecule has 2 heterocycles. The SMILES string of the molecule is OC1(c2cc3ccccc3o2)COC1. The van der Waals surface area contributed by atoms with Gasteiger partial charge in [-0.3, -0.25) is 0 Å². The molecule has 1 N–H and O–H groups in total. The van der Waals surface area contributed by atoms with Crippen LogP contribution in [0, 0.1) is 0 Å². The molecule has 2 aromatic rings. The van der Waals surface area contributed by atoms with Crippen molar-refractivity contribution in [3.8, 4) is 0 Å². The lowest BCUT2D eigenvalue weighted by Gasteiger charge is -2.34. The van der Waals surface area contributed by atoms with Gasteiger partial charge >= 0.3 is 0 Å². The molecule has 0 atom stereocenters. The third-order valence-corrected chi connectivity index (χ3v) is 2.57. The van der Waals surface area contributed by atoms with E-state index in [0.29, 0.717) is 19.0 Å². The smallest absolute Gasteiger partial charge is 0.168 e. The number of aliphatic hydroxyl groups is 1. The summed E-state index contributed by atoms with van der Waals surface area (Å²) in [5.41, 5.74) is -0.0956. The summed E-state index contributed by atoms with van der Waals surface area (Å²) in [6, 6.07) is 9.59. The third kappa shape index (κ3) is 0.997. The number of fused-ring (bicyclic) bond motifs is 1. The van der Waals surface area contributed by atoms with Crippen LogP contribution in [0.4, 0.5) is 0 Å². The fourth-order valence-corrected chi connectivity index (χ4v) is 1.65. The second-order valence-corrected chi connectivity index (χ2v) is 3.67. The fraction of sp³-hybridized carbons (Fsp3) is 0.273. The quantitative estimate of drug-likeness (QED) is 0.743. The molecule has 3 heteroatoms. The number of rotatable bonds is 1. The Balaban J connectivity index is 2.14. The standard InChI is InChI=1S/C11H10O3/c12-11(6-13-7-11)10-5-8-3-1-2-4-9(8)14-10/h1-5,12H,6-7H2. The zero-order valence-electron chi connectivity index (χ0n) is 7.56. The van der Waals surface area contributed by atoms with Crippen molar-refractivity contribution in [2.24, 2.45) is 0 Å². The maximum absolute atomic E-state index is 9.96. The highest BCUT2D eigenvalue weighted by Crippen LogP contribution is 2.33. The largest absolute Gasteiger partial charge is 0.458 e. The molecule has 1 aliphatic heterocycles. The van der Waals surface area contributed by atoms with Gasteiger partial charge in [0.15, 0.2) is 5.60 Å². The zero-order chi connectivity index (χ0) is 9.60. The number of hydrogen-bond donors (Lipinski definition) is 1. The van der Waals surface area contributed by atoms with Gasteiger partial charge in [0.2, 0.25) is 0 Å². The summed E-state index contributed by atoms with van der Waals surface area (Å²) in [5.74, 6) is 0.602. The predicted molar refractivity (Wildman–Crippen MR) is 50.9 cm³/mol. The average Bonchev–Trinajstić information content (AvgIpc) is 2.57. The number of hydrogen-bond acceptors (Lipinski definition) is 3. The molecule has 3 rings (SSSR count). The van der Waals surface area contributed by atoms with E-state index in [0.717, 1.165) is 11.0 Å². The molecule has 14 heavy (non-hydrogen) atoms. The van der Waals surface area contributed by atoms with Crippen molar-refractivity contribution in [3.63, 3.8) is 0 Å². The van der Waals surface area contributed by atoms with Crippen molar-refractivity contribution in [1.29, 1.82) is 0 Å². The normalized spacial score (nSPS) is 19.5. The van der Waals surface area contributed by atoms with E-state index in [9.17, 15) is 5.11 Å². The minimum Gasteiger partial charge on any atom is -0.458 e. The van der Waals surface area contributed by atoms with Gasteiger partial charge < -0.3 is 14.3 Å². The molecule has 1 aliphatic rings. The zero-order valence-corrected chi connectivity index (χ0v) is 7.56. The van der Waals surface area contributed by atoms with Crippen molar-refractivity contribution in [1.82, 2.24) is 0 Å². The average molecular weight is 190 g/mol. The fourth-order valence-electron chi connectivity index (χ4n) is 1.65. The summed E-state index contributed by atoms with van der Waals surface area (Å²) in [6.45, 7) is 0.652. The molecule has 1 fully saturated rings. The Hall–Kier alpha value is -1.32. The van der Waals surface area contributed by atoms with E-state index in [2.05, 4.69) is 0 Å². The number of para-hydroxylation sites is 1. The van der Waals surface area contributed by atoms with Gasteiger partial charge in [-0.25, -0.2) is 0 Å². The summed E-state index contributed by atoms with van der Waals surface area (Å²) in [4.78, 5) is 0. The minimum atomic E-state index is -0.904. The molecule has 1 saturated heterocycles. The second kappa shape index (κ2) is 2.59. The first kappa shape index (κ1) is 8.03. The summed E-state index contributed by atoms with van der Waals surface area (Å²) in [7, 11) is 0. The molecular weight excluding hydrogens is 180 g/mol. The second-order valence-electron chi connectivity index (χ2n) is 3.67. The number of benzene rings is 1. The van der Waals surface area contributed by atoms with E-state index in [1.807, 2.05) is 30.3 Å². The molecule has 0 spiro atoms. The van der Waals surface area contributed by atoms with E-state index in [4.69, 9.17) is 9.15 Å². The molecule has 0 amide bonds. The topological polar surface area (TPSA) is 42.6 Å². The van der Waals surface area contributed by atoms with Crippen LogP contribution in [0.3, 0.4) is 0 Å². The Labute approximate surface area is 80.9 Å². The van der Waals surface area contributed by atoms with Gasteiger partial charge in [-0.2, -0.15) is 0 Å². The molecule has 0 saturated carbocycles. The van der Waals surface area contributed by atoms with Crippen LogP contribution < -0.4 is 0 Å². The first-order valence-corrected chi connectivity index (χ1v) is 4.57. The van der Waals surface area contributed by atoms with E-state index >= 15 is 0 Å². The van der Waals surface area contributed by atoms with Crippen molar-refractivity contribution in [2.45, 2.75) is 5.60 Å². The van der Waals surface area contributed by atoms with Crippen LogP contribution in [-0.4, -0.2) is 18.3 Å². The summed E-state index contributed by atoms with van der Waals surface area (Å²) in [5, 5.41) is 11.0. The van der Waals surface area contributed by atoms with Crippen LogP contribution in [0.15, 0.2) is 34.7 Å². The van der Waals surface area contributed by atoms with Crippen molar-refractivity contribution in [3.05, 3.63) is 36.1 Å². The number of ether oxygens (including phenoxy) is 1. The Kier molecular flexibility index (Phi) is 1.48. The van der Waals surface area contributed by atoms with Gasteiger partial charge in [-0.05, 0) is 12.1 Å². The molecule has 0 radical (unpaired) electrons. The van der Waals surface area contributed by atoms with Crippen LogP contribution in [-0.2, 0) is 10.3 Å². The highest BCUT2D eigenvalue weighted by atomic mass is 16.5. The Morgan fingerprint density at radius 2 is 2.00 bits per heavy atom. The highest BCUT2D eigenvalue weighted by molar-refractivity contribution is 5.77. The first-order chi connectivity index (χ1) is 6.78. The Bertz CT molecular complexity index is 435. The van der Waals surface area contributed by atoms with Crippen LogP contribution >= 0.6 is 0 Å². The van der Waals surface area contributed by atoms with Gasteiger partial charge in [0.25, 0.3) is 0 Å². The van der Waals surface area contributed by atoms with Crippen molar-refractivity contribution >= 4 is 11.0 Å². The maximum Gasteiger partial charge on any atom is 0.168 e.